The van der Waals surface area contributed by atoms with Crippen LogP contribution in [0.25, 0.3) is 10.9 Å². The summed E-state index contributed by atoms with van der Waals surface area (Å²) in [7, 11) is 0. The minimum atomic E-state index is -1.79. The van der Waals surface area contributed by atoms with Crippen molar-refractivity contribution in [3.8, 4) is 0 Å². The zero-order chi connectivity index (χ0) is 77.5. The van der Waals surface area contributed by atoms with Gasteiger partial charge in [-0.3, -0.25) is 67.1 Å². The number of hydrogen-bond donors (Lipinski definition) is 18. The Labute approximate surface area is 605 Å². The predicted molar refractivity (Wildman–Crippen MR) is 387 cm³/mol. The number of nitrogens with one attached hydrogen (secondary N) is 13. The monoisotopic (exact) mass is 1450 g/mol. The lowest BCUT2D eigenvalue weighted by molar-refractivity contribution is -0.137. The van der Waals surface area contributed by atoms with Crippen molar-refractivity contribution in [2.75, 3.05) is 19.7 Å². The standard InChI is InChI=1S/C72H107N17O15/c1-38(2)29-52(84-64(96)48(74)31-44-21-13-11-14-22-44)65(97)78-36-58(92)79-42(9)62(94)83-53(30-39(3)4)67(99)85-54(33-46-35-77-49-26-18-17-25-47(46)49)68(100)86-55(34-57(75)91)69(101)88-59(40(5)6)71(103)80-43(10)63(95)81-50(27-19-20-28-73)66(98)87-56(37-90)70(102)89-60(41(7)8)72(104)82-51(61(76)93)32-45-23-15-12-16-24-45/h11-18,21-26,35,38-43,48,50-56,59-60,77,90H,19-20,27-34,36-37,73-74H2,1-10H3,(H2,75,91)(H2,76,93)(H,78,97)(H,79,92)(H,80,103)(H,81,95)(H,82,104)(H,83,94)(H,84,96)(H,85,99)(H,86,100)(H,87,98)(H,88,101)(H,89,102)/t42-,43-,48-,50-,51-,52-,53-,54-,55-,56-,59-,60-/m0/s1. The molecule has 4 aromatic rings. The fourth-order valence-corrected chi connectivity index (χ4v) is 11.1. The average molecular weight is 1450 g/mol. The number of aliphatic hydroxyl groups excluding tert-OH is 1. The molecular weight excluding hydrogens is 1340 g/mol. The van der Waals surface area contributed by atoms with Gasteiger partial charge in [-0.25, -0.2) is 0 Å². The molecule has 1 aromatic heterocycles. The molecule has 1 heterocycles. The fourth-order valence-electron chi connectivity index (χ4n) is 11.1. The second-order valence-corrected chi connectivity index (χ2v) is 27.5. The summed E-state index contributed by atoms with van der Waals surface area (Å²) in [4.78, 5) is 195. The number of primary amides is 2. The Hall–Kier alpha value is -10.3. The van der Waals surface area contributed by atoms with Crippen molar-refractivity contribution in [2.45, 2.75) is 200 Å². The molecule has 3 aromatic carbocycles. The first-order valence-corrected chi connectivity index (χ1v) is 35.0. The van der Waals surface area contributed by atoms with E-state index in [0.717, 1.165) is 5.56 Å². The first kappa shape index (κ1) is 86.1. The van der Waals surface area contributed by atoms with E-state index in [-0.39, 0.29) is 63.3 Å². The van der Waals surface area contributed by atoms with Crippen LogP contribution in [0.15, 0.2) is 91.1 Å². The van der Waals surface area contributed by atoms with Gasteiger partial charge >= 0.3 is 0 Å². The lowest BCUT2D eigenvalue weighted by Crippen LogP contribution is -2.61. The summed E-state index contributed by atoms with van der Waals surface area (Å²) >= 11 is 0. The van der Waals surface area contributed by atoms with E-state index in [1.807, 2.05) is 44.2 Å². The van der Waals surface area contributed by atoms with E-state index in [1.54, 1.807) is 102 Å². The Morgan fingerprint density at radius 1 is 0.433 bits per heavy atom. The van der Waals surface area contributed by atoms with Crippen molar-refractivity contribution in [3.63, 3.8) is 0 Å². The maximum atomic E-state index is 14.7. The molecule has 0 spiro atoms. The molecule has 12 atom stereocenters. The van der Waals surface area contributed by atoms with Crippen molar-refractivity contribution in [1.29, 1.82) is 0 Å². The Morgan fingerprint density at radius 2 is 0.875 bits per heavy atom. The molecule has 0 aliphatic heterocycles. The molecule has 0 bridgehead atoms. The van der Waals surface area contributed by atoms with Crippen LogP contribution in [0, 0.1) is 23.7 Å². The highest BCUT2D eigenvalue weighted by Crippen LogP contribution is 2.21. The highest BCUT2D eigenvalue weighted by molar-refractivity contribution is 6.01. The van der Waals surface area contributed by atoms with E-state index >= 15 is 0 Å². The van der Waals surface area contributed by atoms with Gasteiger partial charge < -0.3 is 96.8 Å². The molecule has 32 heteroatoms. The molecule has 0 aliphatic rings. The lowest BCUT2D eigenvalue weighted by Gasteiger charge is -2.28. The van der Waals surface area contributed by atoms with Gasteiger partial charge in [0.15, 0.2) is 0 Å². The molecule has 0 unspecified atom stereocenters. The van der Waals surface area contributed by atoms with Crippen molar-refractivity contribution in [1.82, 2.24) is 68.8 Å². The molecule has 22 N–H and O–H groups in total. The summed E-state index contributed by atoms with van der Waals surface area (Å²) in [5.41, 5.74) is 25.9. The summed E-state index contributed by atoms with van der Waals surface area (Å²) in [6.07, 6.45) is 1.72. The Bertz CT molecular complexity index is 3570. The van der Waals surface area contributed by atoms with Crippen LogP contribution in [-0.2, 0) is 86.4 Å². The fraction of sp³-hybridized carbons (Fsp3) is 0.528. The number of benzene rings is 3. The third-order valence-electron chi connectivity index (χ3n) is 16.9. The number of rotatable bonds is 44. The van der Waals surface area contributed by atoms with Crippen LogP contribution < -0.4 is 86.7 Å². The average Bonchev–Trinajstić information content (AvgIpc) is 1.65. The first-order chi connectivity index (χ1) is 49.1. The molecule has 4 rings (SSSR count). The van der Waals surface area contributed by atoms with Gasteiger partial charge in [0, 0.05) is 29.9 Å². The van der Waals surface area contributed by atoms with Gasteiger partial charge in [-0.1, -0.05) is 134 Å². The predicted octanol–water partition coefficient (Wildman–Crippen LogP) is -2.10. The molecule has 0 radical (unpaired) electrons. The second kappa shape index (κ2) is 42.9. The maximum absolute atomic E-state index is 14.7. The first-order valence-electron chi connectivity index (χ1n) is 35.0. The summed E-state index contributed by atoms with van der Waals surface area (Å²) in [5, 5.41) is 41.7. The zero-order valence-electron chi connectivity index (χ0n) is 60.9. The summed E-state index contributed by atoms with van der Waals surface area (Å²) in [6.45, 7) is 14.9. The van der Waals surface area contributed by atoms with E-state index in [9.17, 15) is 72.2 Å². The van der Waals surface area contributed by atoms with Crippen molar-refractivity contribution in [2.24, 2.45) is 46.6 Å². The number of fused-ring (bicyclic) bond motifs is 1. The number of unbranched alkanes of at least 4 members (excludes halogenated alkanes) is 1. The minimum absolute atomic E-state index is 0.0120. The minimum Gasteiger partial charge on any atom is -0.394 e. The highest BCUT2D eigenvalue weighted by Gasteiger charge is 2.37. The van der Waals surface area contributed by atoms with E-state index in [1.165, 1.54) is 13.8 Å². The zero-order valence-corrected chi connectivity index (χ0v) is 60.9. The Kier molecular flexibility index (Phi) is 35.5. The van der Waals surface area contributed by atoms with Crippen LogP contribution in [0.1, 0.15) is 124 Å². The number of aromatic amines is 1. The number of H-pyrrole nitrogens is 1. The summed E-state index contributed by atoms with van der Waals surface area (Å²) in [5.74, 6) is -13.8. The second-order valence-electron chi connectivity index (χ2n) is 27.5. The number of nitrogens with two attached hydrogens (primary N) is 4. The van der Waals surface area contributed by atoms with Gasteiger partial charge in [-0.15, -0.1) is 0 Å². The molecule has 570 valence electrons. The van der Waals surface area contributed by atoms with Crippen LogP contribution in [0.3, 0.4) is 0 Å². The van der Waals surface area contributed by atoms with E-state index in [2.05, 4.69) is 68.8 Å². The maximum Gasteiger partial charge on any atom is 0.245 e. The molecule has 0 fully saturated rings. The molecule has 32 nitrogen and oxygen atoms in total. The van der Waals surface area contributed by atoms with Crippen LogP contribution in [-0.4, -0.2) is 185 Å². The molecule has 0 saturated heterocycles. The number of carbonyl (C=O) groups is 14. The van der Waals surface area contributed by atoms with Crippen LogP contribution in [0.2, 0.25) is 0 Å². The third kappa shape index (κ3) is 28.8. The van der Waals surface area contributed by atoms with Gasteiger partial charge in [0.25, 0.3) is 0 Å². The van der Waals surface area contributed by atoms with Crippen molar-refractivity contribution >= 4 is 93.6 Å². The molecular formula is C72H107N17O15. The van der Waals surface area contributed by atoms with Gasteiger partial charge in [-0.2, -0.15) is 0 Å². The topological polar surface area (TPSA) is 523 Å². The largest absolute Gasteiger partial charge is 0.394 e. The Balaban J connectivity index is 1.47. The number of carbonyl (C=O) groups excluding carboxylic acids is 14. The normalized spacial score (nSPS) is 14.8. The van der Waals surface area contributed by atoms with Gasteiger partial charge in [-0.05, 0) is 105 Å². The van der Waals surface area contributed by atoms with Crippen molar-refractivity contribution < 1.29 is 72.2 Å². The third-order valence-corrected chi connectivity index (χ3v) is 16.9. The van der Waals surface area contributed by atoms with Gasteiger partial charge in [0.05, 0.1) is 25.6 Å². The van der Waals surface area contributed by atoms with Gasteiger partial charge in [0.1, 0.15) is 66.5 Å². The number of hydrogen-bond acceptors (Lipinski definition) is 17. The highest BCUT2D eigenvalue weighted by atomic mass is 16.3. The number of aromatic nitrogens is 1. The molecule has 0 aliphatic carbocycles. The van der Waals surface area contributed by atoms with E-state index in [4.69, 9.17) is 22.9 Å². The van der Waals surface area contributed by atoms with Crippen LogP contribution in [0.4, 0.5) is 0 Å². The molecule has 14 amide bonds. The number of amides is 14. The SMILES string of the molecule is CC(C)C[C@H](NC(=O)[C@H](C)NC(=O)CNC(=O)[C@H](CC(C)C)NC(=O)[C@@H](N)Cc1ccccc1)C(=O)N[C@@H](Cc1c[nH]c2ccccc12)C(=O)N[C@@H](CC(N)=O)C(=O)N[C@H](C(=O)N[C@@H](C)C(=O)N[C@@H](CCCCN)C(=O)N[C@@H](CO)C(=O)N[C@H](C(=O)N[C@@H](Cc1ccccc1)C(N)=O)C(C)C)C(C)C. The smallest absolute Gasteiger partial charge is 0.245 e. The van der Waals surface area contributed by atoms with E-state index in [0.29, 0.717) is 28.5 Å². The van der Waals surface area contributed by atoms with E-state index < -0.39 is 187 Å². The molecule has 104 heavy (non-hydrogen) atoms. The quantitative estimate of drug-likeness (QED) is 0.0211. The van der Waals surface area contributed by atoms with Gasteiger partial charge in [0.2, 0.25) is 82.7 Å². The Morgan fingerprint density at radius 3 is 1.41 bits per heavy atom. The number of para-hydroxylation sites is 1. The molecule has 0 saturated carbocycles. The lowest BCUT2D eigenvalue weighted by atomic mass is 9.99. The van der Waals surface area contributed by atoms with Crippen LogP contribution >= 0.6 is 0 Å². The summed E-state index contributed by atoms with van der Waals surface area (Å²) in [6, 6.07) is 8.58. The van der Waals surface area contributed by atoms with Crippen molar-refractivity contribution in [3.05, 3.63) is 108 Å². The summed E-state index contributed by atoms with van der Waals surface area (Å²) < 4.78 is 0. The number of aliphatic hydroxyl groups is 1. The van der Waals surface area contributed by atoms with Crippen LogP contribution in [0.5, 0.6) is 0 Å².